The summed E-state index contributed by atoms with van der Waals surface area (Å²) in [6.07, 6.45) is 1.08. The van der Waals surface area contributed by atoms with Crippen molar-refractivity contribution in [1.29, 1.82) is 5.26 Å². The maximum absolute atomic E-state index is 14.0. The van der Waals surface area contributed by atoms with Crippen molar-refractivity contribution < 1.29 is 18.3 Å². The Morgan fingerprint density at radius 2 is 1.81 bits per heavy atom. The average Bonchev–Trinajstić information content (AvgIpc) is 3.64. The Balaban J connectivity index is 1.52. The lowest BCUT2D eigenvalue weighted by Crippen LogP contribution is -2.43. The molecule has 4 aromatic rings. The molecule has 1 fully saturated rings. The predicted molar refractivity (Wildman–Crippen MR) is 125 cm³/mol. The molecule has 1 aliphatic carbocycles. The molecule has 0 saturated heterocycles. The molecule has 2 atom stereocenters. The zero-order valence-corrected chi connectivity index (χ0v) is 18.8. The summed E-state index contributed by atoms with van der Waals surface area (Å²) in [5.74, 6) is 0.524. The van der Waals surface area contributed by atoms with Gasteiger partial charge in [0.25, 0.3) is 5.56 Å². The van der Waals surface area contributed by atoms with Crippen molar-refractivity contribution in [3.63, 3.8) is 0 Å². The van der Waals surface area contributed by atoms with Gasteiger partial charge in [0.15, 0.2) is 5.82 Å². The first-order chi connectivity index (χ1) is 17.2. The van der Waals surface area contributed by atoms with Gasteiger partial charge < -0.3 is 15.4 Å². The fraction of sp³-hybridized carbons (Fsp3) is 0.280. The van der Waals surface area contributed by atoms with Crippen molar-refractivity contribution in [1.82, 2.24) is 19.7 Å². The number of nitriles is 1. The van der Waals surface area contributed by atoms with Crippen LogP contribution in [0.15, 0.2) is 65.8 Å². The van der Waals surface area contributed by atoms with E-state index in [0.717, 1.165) is 25.0 Å². The van der Waals surface area contributed by atoms with Gasteiger partial charge in [0.1, 0.15) is 5.39 Å². The topological polar surface area (TPSA) is 120 Å². The van der Waals surface area contributed by atoms with Gasteiger partial charge in [0.2, 0.25) is 5.60 Å². The first kappa shape index (κ1) is 23.6. The van der Waals surface area contributed by atoms with E-state index in [9.17, 15) is 28.3 Å². The number of anilines is 2. The summed E-state index contributed by atoms with van der Waals surface area (Å²) in [5.41, 5.74) is -3.40. The minimum Gasteiger partial charge on any atom is -0.372 e. The van der Waals surface area contributed by atoms with Crippen molar-refractivity contribution in [3.8, 4) is 6.07 Å². The maximum atomic E-state index is 14.0. The van der Waals surface area contributed by atoms with Crippen LogP contribution in [0.4, 0.5) is 24.7 Å². The predicted octanol–water partition coefficient (Wildman–Crippen LogP) is 4.53. The molecule has 184 valence electrons. The van der Waals surface area contributed by atoms with Crippen LogP contribution in [0.25, 0.3) is 10.9 Å². The number of fused-ring (bicyclic) bond motifs is 1. The minimum atomic E-state index is -4.98. The Labute approximate surface area is 203 Å². The van der Waals surface area contributed by atoms with Gasteiger partial charge in [0.05, 0.1) is 24.0 Å². The molecule has 1 aliphatic rings. The van der Waals surface area contributed by atoms with E-state index < -0.39 is 11.8 Å². The summed E-state index contributed by atoms with van der Waals surface area (Å²) in [6.45, 7) is 0. The molecule has 36 heavy (non-hydrogen) atoms. The van der Waals surface area contributed by atoms with E-state index in [0.29, 0.717) is 17.1 Å². The number of hydrogen-bond acceptors (Lipinski definition) is 6. The zero-order valence-electron chi connectivity index (χ0n) is 18.8. The number of rotatable bonds is 7. The second-order valence-corrected chi connectivity index (χ2v) is 8.77. The molecule has 1 saturated carbocycles. The van der Waals surface area contributed by atoms with Crippen LogP contribution in [0.5, 0.6) is 0 Å². The van der Waals surface area contributed by atoms with Crippen LogP contribution in [-0.4, -0.2) is 31.0 Å². The molecular formula is C25H21F3N6O2. The number of nitrogens with zero attached hydrogens (tertiary/aromatic N) is 4. The first-order valence-corrected chi connectivity index (χ1v) is 11.3. The fourth-order valence-corrected chi connectivity index (χ4v) is 4.49. The number of benzene rings is 1. The second kappa shape index (κ2) is 8.80. The maximum Gasteiger partial charge on any atom is 0.425 e. The molecule has 0 radical (unpaired) electrons. The zero-order chi connectivity index (χ0) is 25.5. The Morgan fingerprint density at radius 1 is 1.14 bits per heavy atom. The number of aromatic nitrogens is 4. The van der Waals surface area contributed by atoms with Gasteiger partial charge in [-0.2, -0.15) is 23.5 Å². The highest BCUT2D eigenvalue weighted by molar-refractivity contribution is 5.91. The van der Waals surface area contributed by atoms with Crippen LogP contribution in [0.2, 0.25) is 0 Å². The SMILES string of the molecule is N#CCC(C1CC1)n1nc(Nc2ccc(C(O)(c3ccncc3)C(F)(F)F)cc2)c2c(=O)[nH]ccc21. The van der Waals surface area contributed by atoms with Crippen LogP contribution in [0.1, 0.15) is 36.4 Å². The van der Waals surface area contributed by atoms with Crippen molar-refractivity contribution >= 4 is 22.4 Å². The molecular weight excluding hydrogens is 473 g/mol. The summed E-state index contributed by atoms with van der Waals surface area (Å²) in [4.78, 5) is 19.0. The van der Waals surface area contributed by atoms with E-state index >= 15 is 0 Å². The van der Waals surface area contributed by atoms with Gasteiger partial charge in [-0.1, -0.05) is 12.1 Å². The molecule has 3 N–H and O–H groups in total. The van der Waals surface area contributed by atoms with Gasteiger partial charge in [-0.05, 0) is 54.7 Å². The summed E-state index contributed by atoms with van der Waals surface area (Å²) in [7, 11) is 0. The average molecular weight is 494 g/mol. The summed E-state index contributed by atoms with van der Waals surface area (Å²) >= 11 is 0. The van der Waals surface area contributed by atoms with E-state index in [4.69, 9.17) is 0 Å². The van der Waals surface area contributed by atoms with Crippen LogP contribution in [-0.2, 0) is 5.60 Å². The lowest BCUT2D eigenvalue weighted by molar-refractivity contribution is -0.248. The highest BCUT2D eigenvalue weighted by atomic mass is 19.4. The molecule has 0 amide bonds. The number of aromatic amines is 1. The molecule has 2 unspecified atom stereocenters. The third-order valence-electron chi connectivity index (χ3n) is 6.48. The molecule has 8 nitrogen and oxygen atoms in total. The number of pyridine rings is 2. The summed E-state index contributed by atoms with van der Waals surface area (Å²) < 4.78 is 43.7. The van der Waals surface area contributed by atoms with Crippen molar-refractivity contribution in [2.45, 2.75) is 37.1 Å². The van der Waals surface area contributed by atoms with Gasteiger partial charge in [0, 0.05) is 29.8 Å². The van der Waals surface area contributed by atoms with Crippen LogP contribution in [0, 0.1) is 17.2 Å². The quantitative estimate of drug-likeness (QED) is 0.347. The van der Waals surface area contributed by atoms with Crippen LogP contribution in [0.3, 0.4) is 0 Å². The highest BCUT2D eigenvalue weighted by Gasteiger charge is 2.56. The normalized spacial score (nSPS) is 16.3. The number of hydrogen-bond donors (Lipinski definition) is 3. The molecule has 0 spiro atoms. The van der Waals surface area contributed by atoms with Gasteiger partial charge in [-0.15, -0.1) is 0 Å². The molecule has 3 heterocycles. The fourth-order valence-electron chi connectivity index (χ4n) is 4.49. The standard InChI is InChI=1S/C25H21F3N6O2/c26-25(27,28)24(36,17-8-12-30-13-9-17)16-3-5-18(6-4-16)32-22-21-20(10-14-31-23(21)35)34(33-22)19(7-11-29)15-1-2-15/h3-6,8-10,12-15,19,36H,1-2,7H2,(H,31,35)(H,32,33). The van der Waals surface area contributed by atoms with Crippen LogP contribution < -0.4 is 10.9 Å². The Hall–Kier alpha value is -4.17. The van der Waals surface area contributed by atoms with E-state index in [2.05, 4.69) is 26.5 Å². The van der Waals surface area contributed by atoms with Gasteiger partial charge >= 0.3 is 6.18 Å². The first-order valence-electron chi connectivity index (χ1n) is 11.3. The molecule has 0 aliphatic heterocycles. The van der Waals surface area contributed by atoms with E-state index in [1.54, 1.807) is 10.7 Å². The number of halogens is 3. The second-order valence-electron chi connectivity index (χ2n) is 8.77. The van der Waals surface area contributed by atoms with Crippen molar-refractivity contribution in [3.05, 3.63) is 82.5 Å². The molecule has 5 rings (SSSR count). The van der Waals surface area contributed by atoms with Gasteiger partial charge in [-0.3, -0.25) is 14.5 Å². The molecule has 11 heteroatoms. The number of nitrogens with one attached hydrogen (secondary N) is 2. The lowest BCUT2D eigenvalue weighted by Gasteiger charge is -2.31. The summed E-state index contributed by atoms with van der Waals surface area (Å²) in [5, 5.41) is 27.9. The largest absolute Gasteiger partial charge is 0.425 e. The Morgan fingerprint density at radius 3 is 2.42 bits per heavy atom. The van der Waals surface area contributed by atoms with E-state index in [1.165, 1.54) is 42.9 Å². The monoisotopic (exact) mass is 494 g/mol. The third-order valence-corrected chi connectivity index (χ3v) is 6.48. The van der Waals surface area contributed by atoms with Crippen molar-refractivity contribution in [2.24, 2.45) is 5.92 Å². The minimum absolute atomic E-state index is 0.181. The number of H-pyrrole nitrogens is 1. The number of aliphatic hydroxyl groups is 1. The van der Waals surface area contributed by atoms with E-state index in [1.807, 2.05) is 0 Å². The third kappa shape index (κ3) is 3.99. The molecule has 0 bridgehead atoms. The Kier molecular flexibility index (Phi) is 5.76. The van der Waals surface area contributed by atoms with E-state index in [-0.39, 0.29) is 40.4 Å². The molecule has 1 aromatic carbocycles. The molecule has 3 aromatic heterocycles. The Bertz CT molecular complexity index is 1490. The van der Waals surface area contributed by atoms with Crippen molar-refractivity contribution in [2.75, 3.05) is 5.32 Å². The number of alkyl halides is 3. The van der Waals surface area contributed by atoms with Crippen LogP contribution >= 0.6 is 0 Å². The van der Waals surface area contributed by atoms with Gasteiger partial charge in [-0.25, -0.2) is 0 Å². The summed E-state index contributed by atoms with van der Waals surface area (Å²) in [6, 6.07) is 11.0. The lowest BCUT2D eigenvalue weighted by atomic mass is 9.86. The smallest absolute Gasteiger partial charge is 0.372 e. The highest BCUT2D eigenvalue weighted by Crippen LogP contribution is 2.45.